The molecule has 0 fully saturated rings. The second-order valence-corrected chi connectivity index (χ2v) is 10.1. The Morgan fingerprint density at radius 2 is 1.22 bits per heavy atom. The molecule has 0 N–H and O–H groups in total. The second-order valence-electron chi connectivity index (χ2n) is 10.1. The fourth-order valence-corrected chi connectivity index (χ4v) is 5.16. The van der Waals surface area contributed by atoms with Gasteiger partial charge in [-0.3, -0.25) is 0 Å². The van der Waals surface area contributed by atoms with Gasteiger partial charge >= 0.3 is 0 Å². The molecule has 1 aliphatic rings. The molecule has 0 heterocycles. The highest BCUT2D eigenvalue weighted by Gasteiger charge is 2.32. The lowest BCUT2D eigenvalue weighted by Gasteiger charge is -2.38. The van der Waals surface area contributed by atoms with Crippen LogP contribution in [0.3, 0.4) is 0 Å². The van der Waals surface area contributed by atoms with Crippen molar-refractivity contribution in [3.05, 3.63) is 48.6 Å². The monoisotopic (exact) mass is 440 g/mol. The van der Waals surface area contributed by atoms with Crippen molar-refractivity contribution in [2.45, 2.75) is 130 Å². The first-order valence-electron chi connectivity index (χ1n) is 14.5. The summed E-state index contributed by atoms with van der Waals surface area (Å²) in [6.07, 6.45) is 41.3. The summed E-state index contributed by atoms with van der Waals surface area (Å²) in [6.45, 7) is 9.26. The molecule has 4 atom stereocenters. The first-order chi connectivity index (χ1) is 15.8. The van der Waals surface area contributed by atoms with Crippen LogP contribution in [0.25, 0.3) is 0 Å². The summed E-state index contributed by atoms with van der Waals surface area (Å²) < 4.78 is 0. The van der Waals surface area contributed by atoms with E-state index in [2.05, 4.69) is 76.3 Å². The Hall–Kier alpha value is -1.04. The summed E-state index contributed by atoms with van der Waals surface area (Å²) >= 11 is 0. The van der Waals surface area contributed by atoms with Crippen LogP contribution in [0.15, 0.2) is 48.6 Å². The molecule has 0 saturated heterocycles. The van der Waals surface area contributed by atoms with Crippen LogP contribution in [0, 0.1) is 23.7 Å². The molecule has 1 aliphatic carbocycles. The topological polar surface area (TPSA) is 0 Å². The van der Waals surface area contributed by atoms with E-state index in [1.807, 2.05) is 0 Å². The van der Waals surface area contributed by atoms with Crippen molar-refractivity contribution in [3.8, 4) is 0 Å². The molecule has 0 aromatic rings. The van der Waals surface area contributed by atoms with Crippen LogP contribution < -0.4 is 0 Å². The molecule has 0 saturated carbocycles. The van der Waals surface area contributed by atoms with Gasteiger partial charge in [0.05, 0.1) is 0 Å². The Kier molecular flexibility index (Phi) is 18.6. The number of rotatable bonds is 19. The summed E-state index contributed by atoms with van der Waals surface area (Å²) in [4.78, 5) is 0. The molecule has 0 aromatic carbocycles. The third-order valence-electron chi connectivity index (χ3n) is 7.24. The van der Waals surface area contributed by atoms with Crippen LogP contribution >= 0.6 is 0 Å². The summed E-state index contributed by atoms with van der Waals surface area (Å²) in [6, 6.07) is 0. The Bertz CT molecular complexity index is 520. The van der Waals surface area contributed by atoms with E-state index in [0.717, 1.165) is 11.8 Å². The largest absolute Gasteiger partial charge is 0.0879 e. The average molecular weight is 441 g/mol. The van der Waals surface area contributed by atoms with Crippen LogP contribution in [-0.4, -0.2) is 0 Å². The van der Waals surface area contributed by atoms with E-state index >= 15 is 0 Å². The fourth-order valence-electron chi connectivity index (χ4n) is 5.16. The minimum Gasteiger partial charge on any atom is -0.0879 e. The lowest BCUT2D eigenvalue weighted by atomic mass is 9.67. The van der Waals surface area contributed by atoms with E-state index in [-0.39, 0.29) is 0 Å². The SMILES string of the molecule is CCCCC=CC1C=CC(CCCC)C(CCCC)C1C=CC=CCCCCCCCC. The number of hydrogen-bond acceptors (Lipinski definition) is 0. The predicted octanol–water partition coefficient (Wildman–Crippen LogP) is 11.0. The second kappa shape index (κ2) is 20.6. The first-order valence-corrected chi connectivity index (χ1v) is 14.5. The Morgan fingerprint density at radius 3 is 1.97 bits per heavy atom. The molecular weight excluding hydrogens is 384 g/mol. The minimum atomic E-state index is 0.579. The maximum Gasteiger partial charge on any atom is 0.00125 e. The molecule has 0 heteroatoms. The van der Waals surface area contributed by atoms with Crippen LogP contribution in [-0.2, 0) is 0 Å². The molecule has 32 heavy (non-hydrogen) atoms. The van der Waals surface area contributed by atoms with E-state index in [9.17, 15) is 0 Å². The molecule has 0 nitrogen and oxygen atoms in total. The summed E-state index contributed by atoms with van der Waals surface area (Å²) in [7, 11) is 0. The molecule has 0 aromatic heterocycles. The highest BCUT2D eigenvalue weighted by molar-refractivity contribution is 5.18. The van der Waals surface area contributed by atoms with Crippen molar-refractivity contribution in [2.75, 3.05) is 0 Å². The molecular formula is C32H56. The van der Waals surface area contributed by atoms with Crippen LogP contribution in [0.1, 0.15) is 130 Å². The van der Waals surface area contributed by atoms with Gasteiger partial charge in [0.25, 0.3) is 0 Å². The van der Waals surface area contributed by atoms with Crippen LogP contribution in [0.5, 0.6) is 0 Å². The first kappa shape index (κ1) is 29.0. The Labute approximate surface area is 202 Å². The summed E-state index contributed by atoms with van der Waals surface area (Å²) in [5, 5.41) is 0. The van der Waals surface area contributed by atoms with Crippen molar-refractivity contribution in [1.82, 2.24) is 0 Å². The normalized spacial score (nSPS) is 23.9. The van der Waals surface area contributed by atoms with Gasteiger partial charge in [-0.05, 0) is 49.9 Å². The van der Waals surface area contributed by atoms with E-state index in [1.54, 1.807) is 0 Å². The third-order valence-corrected chi connectivity index (χ3v) is 7.24. The van der Waals surface area contributed by atoms with Crippen molar-refractivity contribution < 1.29 is 0 Å². The van der Waals surface area contributed by atoms with Gasteiger partial charge in [-0.15, -0.1) is 0 Å². The summed E-state index contributed by atoms with van der Waals surface area (Å²) in [5.41, 5.74) is 0. The standard InChI is InChI=1S/C32H56/c1-5-9-13-15-16-17-18-19-20-22-26-32-30(24-21-14-10-6-2)28-27-29(23-11-7-3)31(32)25-12-8-4/h19-22,24,26-32H,5-18,23,25H2,1-4H3. The molecule has 0 bridgehead atoms. The van der Waals surface area contributed by atoms with Crippen molar-refractivity contribution in [2.24, 2.45) is 23.7 Å². The van der Waals surface area contributed by atoms with Gasteiger partial charge in [0.2, 0.25) is 0 Å². The number of hydrogen-bond donors (Lipinski definition) is 0. The highest BCUT2D eigenvalue weighted by atomic mass is 14.4. The molecule has 0 aliphatic heterocycles. The molecule has 0 amide bonds. The lowest BCUT2D eigenvalue weighted by molar-refractivity contribution is 0.225. The quantitative estimate of drug-likeness (QED) is 0.106. The van der Waals surface area contributed by atoms with Gasteiger partial charge in [-0.2, -0.15) is 0 Å². The zero-order chi connectivity index (χ0) is 23.3. The van der Waals surface area contributed by atoms with E-state index in [0.29, 0.717) is 11.8 Å². The fraction of sp³-hybridized carbons (Fsp3) is 0.750. The molecule has 184 valence electrons. The van der Waals surface area contributed by atoms with E-state index in [4.69, 9.17) is 0 Å². The Morgan fingerprint density at radius 1 is 0.562 bits per heavy atom. The molecule has 0 spiro atoms. The van der Waals surface area contributed by atoms with Gasteiger partial charge in [-0.1, -0.05) is 147 Å². The third kappa shape index (κ3) is 12.9. The van der Waals surface area contributed by atoms with E-state index < -0.39 is 0 Å². The maximum absolute atomic E-state index is 2.59. The van der Waals surface area contributed by atoms with Gasteiger partial charge < -0.3 is 0 Å². The van der Waals surface area contributed by atoms with Crippen molar-refractivity contribution in [3.63, 3.8) is 0 Å². The number of unbranched alkanes of at least 4 members (excludes halogenated alkanes) is 10. The zero-order valence-corrected chi connectivity index (χ0v) is 22.2. The van der Waals surface area contributed by atoms with Gasteiger partial charge in [0.15, 0.2) is 0 Å². The van der Waals surface area contributed by atoms with Gasteiger partial charge in [0.1, 0.15) is 0 Å². The molecule has 0 radical (unpaired) electrons. The van der Waals surface area contributed by atoms with Crippen LogP contribution in [0.4, 0.5) is 0 Å². The van der Waals surface area contributed by atoms with Gasteiger partial charge in [-0.25, -0.2) is 0 Å². The maximum atomic E-state index is 2.59. The van der Waals surface area contributed by atoms with E-state index in [1.165, 1.54) is 103 Å². The van der Waals surface area contributed by atoms with Gasteiger partial charge in [0, 0.05) is 5.92 Å². The Balaban J connectivity index is 2.76. The molecule has 4 unspecified atom stereocenters. The van der Waals surface area contributed by atoms with Crippen molar-refractivity contribution in [1.29, 1.82) is 0 Å². The lowest BCUT2D eigenvalue weighted by Crippen LogP contribution is -2.30. The van der Waals surface area contributed by atoms with Crippen molar-refractivity contribution >= 4 is 0 Å². The van der Waals surface area contributed by atoms with Crippen LogP contribution in [0.2, 0.25) is 0 Å². The molecule has 1 rings (SSSR count). The minimum absolute atomic E-state index is 0.579. The average Bonchev–Trinajstić information content (AvgIpc) is 2.81. The summed E-state index contributed by atoms with van der Waals surface area (Å²) in [5.74, 6) is 2.80. The highest BCUT2D eigenvalue weighted by Crippen LogP contribution is 2.41. The predicted molar refractivity (Wildman–Crippen MR) is 147 cm³/mol. The zero-order valence-electron chi connectivity index (χ0n) is 22.2. The number of allylic oxidation sites excluding steroid dienone is 8. The smallest absolute Gasteiger partial charge is 0.00125 e.